The van der Waals surface area contributed by atoms with Gasteiger partial charge in [-0.05, 0) is 13.8 Å². The first-order valence-electron chi connectivity index (χ1n) is 4.68. The fourth-order valence-electron chi connectivity index (χ4n) is 0.967. The number of hydrogen-bond acceptors (Lipinski definition) is 4. The van der Waals surface area contributed by atoms with Crippen LogP contribution in [0.4, 0.5) is 13.2 Å². The normalized spacial score (nSPS) is 17.3. The summed E-state index contributed by atoms with van der Waals surface area (Å²) in [7, 11) is 0. The number of nitrogens with one attached hydrogen (secondary N) is 2. The summed E-state index contributed by atoms with van der Waals surface area (Å²) in [5, 5.41) is 8.07. The molecule has 0 spiro atoms. The zero-order chi connectivity index (χ0) is 13.3. The van der Waals surface area contributed by atoms with Crippen LogP contribution in [0.25, 0.3) is 0 Å². The van der Waals surface area contributed by atoms with Crippen molar-refractivity contribution in [2.45, 2.75) is 31.6 Å². The molecule has 96 valence electrons. The largest absolute Gasteiger partial charge is 0.415 e. The van der Waals surface area contributed by atoms with Gasteiger partial charge < -0.3 is 11.1 Å². The molecule has 1 amide bonds. The lowest BCUT2D eigenvalue weighted by Crippen LogP contribution is -2.61. The summed E-state index contributed by atoms with van der Waals surface area (Å²) in [6.45, 7) is 2.07. The van der Waals surface area contributed by atoms with Crippen LogP contribution in [0.2, 0.25) is 0 Å². The molecule has 1 heterocycles. The second-order valence-corrected chi connectivity index (χ2v) is 3.77. The van der Waals surface area contributed by atoms with Gasteiger partial charge >= 0.3 is 6.18 Å². The Kier molecular flexibility index (Phi) is 3.41. The van der Waals surface area contributed by atoms with Gasteiger partial charge in [0.05, 0.1) is 6.04 Å². The highest BCUT2D eigenvalue weighted by molar-refractivity contribution is 5.86. The maximum atomic E-state index is 12.5. The van der Waals surface area contributed by atoms with Gasteiger partial charge in [0.1, 0.15) is 12.2 Å². The van der Waals surface area contributed by atoms with E-state index in [-0.39, 0.29) is 5.82 Å². The molecule has 1 aromatic rings. The second kappa shape index (κ2) is 4.32. The molecule has 17 heavy (non-hydrogen) atoms. The number of nitrogens with zero attached hydrogens (tertiary/aromatic N) is 2. The van der Waals surface area contributed by atoms with E-state index < -0.39 is 23.7 Å². The van der Waals surface area contributed by atoms with Crippen molar-refractivity contribution in [3.63, 3.8) is 0 Å². The van der Waals surface area contributed by atoms with Crippen LogP contribution < -0.4 is 11.1 Å². The zero-order valence-electron chi connectivity index (χ0n) is 9.17. The fourth-order valence-corrected chi connectivity index (χ4v) is 0.967. The van der Waals surface area contributed by atoms with E-state index in [0.29, 0.717) is 6.92 Å². The summed E-state index contributed by atoms with van der Waals surface area (Å²) in [5.41, 5.74) is 2.01. The van der Waals surface area contributed by atoms with Gasteiger partial charge in [-0.1, -0.05) is 0 Å². The third-order valence-electron chi connectivity index (χ3n) is 2.25. The number of halogens is 3. The van der Waals surface area contributed by atoms with Crippen molar-refractivity contribution in [3.05, 3.63) is 12.2 Å². The average Bonchev–Trinajstić information content (AvgIpc) is 2.68. The van der Waals surface area contributed by atoms with Gasteiger partial charge in [-0.2, -0.15) is 18.3 Å². The van der Waals surface area contributed by atoms with E-state index in [9.17, 15) is 18.0 Å². The molecule has 0 aliphatic rings. The van der Waals surface area contributed by atoms with E-state index in [1.54, 1.807) is 0 Å². The van der Waals surface area contributed by atoms with Crippen molar-refractivity contribution in [1.82, 2.24) is 20.5 Å². The van der Waals surface area contributed by atoms with E-state index >= 15 is 0 Å². The molecule has 6 nitrogen and oxygen atoms in total. The molecular formula is C8H12F3N5O. The summed E-state index contributed by atoms with van der Waals surface area (Å²) in [6.07, 6.45) is -3.64. The number of carbonyl (C=O) groups excluding carboxylic acids is 1. The Hall–Kier alpha value is -1.64. The van der Waals surface area contributed by atoms with E-state index in [1.807, 2.05) is 0 Å². The van der Waals surface area contributed by atoms with Gasteiger partial charge in [0.25, 0.3) is 0 Å². The number of rotatable bonds is 3. The first kappa shape index (κ1) is 13.4. The van der Waals surface area contributed by atoms with Crippen LogP contribution in [0.1, 0.15) is 25.7 Å². The lowest BCUT2D eigenvalue weighted by molar-refractivity contribution is -0.187. The van der Waals surface area contributed by atoms with Crippen molar-refractivity contribution in [1.29, 1.82) is 0 Å². The molecule has 0 fully saturated rings. The van der Waals surface area contributed by atoms with Crippen LogP contribution in [0.15, 0.2) is 6.33 Å². The van der Waals surface area contributed by atoms with Crippen LogP contribution in [-0.2, 0) is 4.79 Å². The SMILES string of the molecule is CC(NC(=O)C(C)(N)C(F)(F)F)c1ncn[nH]1. The van der Waals surface area contributed by atoms with Crippen LogP contribution >= 0.6 is 0 Å². The fraction of sp³-hybridized carbons (Fsp3) is 0.625. The van der Waals surface area contributed by atoms with Crippen molar-refractivity contribution in [2.24, 2.45) is 5.73 Å². The number of carbonyl (C=O) groups is 1. The molecule has 1 rings (SSSR count). The molecule has 0 bridgehead atoms. The smallest absolute Gasteiger partial charge is 0.344 e. The topological polar surface area (TPSA) is 96.7 Å². The number of aromatic amines is 1. The predicted molar refractivity (Wildman–Crippen MR) is 51.6 cm³/mol. The standard InChI is InChI=1S/C8H12F3N5O/c1-4(5-13-3-14-16-5)15-6(17)7(2,12)8(9,10)11/h3-4H,12H2,1-2H3,(H,15,17)(H,13,14,16). The van der Waals surface area contributed by atoms with Gasteiger partial charge in [-0.3, -0.25) is 9.89 Å². The lowest BCUT2D eigenvalue weighted by Gasteiger charge is -2.27. The number of H-pyrrole nitrogens is 1. The van der Waals surface area contributed by atoms with E-state index in [4.69, 9.17) is 5.73 Å². The predicted octanol–water partition coefficient (Wildman–Crippen LogP) is 0.262. The van der Waals surface area contributed by atoms with Crippen LogP contribution in [-0.4, -0.2) is 32.8 Å². The van der Waals surface area contributed by atoms with E-state index in [0.717, 1.165) is 0 Å². The molecule has 0 radical (unpaired) electrons. The Morgan fingerprint density at radius 2 is 2.18 bits per heavy atom. The minimum absolute atomic E-state index is 0.247. The van der Waals surface area contributed by atoms with Gasteiger partial charge in [-0.25, -0.2) is 4.98 Å². The van der Waals surface area contributed by atoms with Crippen molar-refractivity contribution in [2.75, 3.05) is 0 Å². The summed E-state index contributed by atoms with van der Waals surface area (Å²) in [4.78, 5) is 15.1. The van der Waals surface area contributed by atoms with Gasteiger partial charge in [0, 0.05) is 0 Å². The minimum atomic E-state index is -4.82. The molecule has 1 aromatic heterocycles. The molecule has 2 unspecified atom stereocenters. The molecule has 0 aliphatic carbocycles. The quantitative estimate of drug-likeness (QED) is 0.718. The number of aromatic nitrogens is 3. The Labute approximate surface area is 94.8 Å². The highest BCUT2D eigenvalue weighted by Crippen LogP contribution is 2.28. The highest BCUT2D eigenvalue weighted by atomic mass is 19.4. The van der Waals surface area contributed by atoms with Crippen molar-refractivity contribution >= 4 is 5.91 Å². The molecule has 2 atom stereocenters. The monoisotopic (exact) mass is 251 g/mol. The Morgan fingerprint density at radius 1 is 1.59 bits per heavy atom. The highest BCUT2D eigenvalue weighted by Gasteiger charge is 2.54. The maximum absolute atomic E-state index is 12.5. The Balaban J connectivity index is 2.73. The summed E-state index contributed by atoms with van der Waals surface area (Å²) in [6, 6.07) is -0.741. The van der Waals surface area contributed by atoms with Crippen LogP contribution in [0.5, 0.6) is 0 Å². The Bertz CT molecular complexity index is 386. The molecule has 9 heteroatoms. The van der Waals surface area contributed by atoms with Crippen molar-refractivity contribution in [3.8, 4) is 0 Å². The third-order valence-corrected chi connectivity index (χ3v) is 2.25. The van der Waals surface area contributed by atoms with Gasteiger partial charge in [-0.15, -0.1) is 0 Å². The maximum Gasteiger partial charge on any atom is 0.415 e. The molecule has 0 saturated heterocycles. The number of amides is 1. The summed E-state index contributed by atoms with van der Waals surface area (Å²) < 4.78 is 37.4. The van der Waals surface area contributed by atoms with Crippen molar-refractivity contribution < 1.29 is 18.0 Å². The first-order chi connectivity index (χ1) is 7.66. The first-order valence-corrected chi connectivity index (χ1v) is 4.68. The summed E-state index contributed by atoms with van der Waals surface area (Å²) >= 11 is 0. The number of hydrogen-bond donors (Lipinski definition) is 3. The molecule has 0 aromatic carbocycles. The zero-order valence-corrected chi connectivity index (χ0v) is 9.17. The minimum Gasteiger partial charge on any atom is -0.344 e. The van der Waals surface area contributed by atoms with E-state index in [1.165, 1.54) is 13.3 Å². The van der Waals surface area contributed by atoms with Gasteiger partial charge in [0.2, 0.25) is 5.91 Å². The van der Waals surface area contributed by atoms with Gasteiger partial charge in [0.15, 0.2) is 5.54 Å². The third kappa shape index (κ3) is 2.73. The second-order valence-electron chi connectivity index (χ2n) is 3.77. The number of nitrogens with two attached hydrogens (primary N) is 1. The van der Waals surface area contributed by atoms with E-state index in [2.05, 4.69) is 20.5 Å². The lowest BCUT2D eigenvalue weighted by atomic mass is 10.0. The Morgan fingerprint density at radius 3 is 2.59 bits per heavy atom. The molecule has 0 saturated carbocycles. The molecule has 4 N–H and O–H groups in total. The molecule has 0 aliphatic heterocycles. The number of alkyl halides is 3. The van der Waals surface area contributed by atoms with Crippen LogP contribution in [0, 0.1) is 0 Å². The average molecular weight is 251 g/mol. The molecular weight excluding hydrogens is 239 g/mol. The summed E-state index contributed by atoms with van der Waals surface area (Å²) in [5.74, 6) is -1.08. The van der Waals surface area contributed by atoms with Crippen LogP contribution in [0.3, 0.4) is 0 Å².